The van der Waals surface area contributed by atoms with Crippen LogP contribution in [0, 0.1) is 0 Å². The first-order chi connectivity index (χ1) is 8.36. The zero-order chi connectivity index (χ0) is 12.1. The van der Waals surface area contributed by atoms with Gasteiger partial charge in [-0.25, -0.2) is 9.97 Å². The molecular formula is C14H17N3. The minimum Gasteiger partial charge on any atom is -0.373 e. The highest BCUT2D eigenvalue weighted by molar-refractivity contribution is 5.68. The summed E-state index contributed by atoms with van der Waals surface area (Å²) >= 11 is 0. The molecule has 1 aromatic carbocycles. The lowest BCUT2D eigenvalue weighted by Crippen LogP contribution is -2.02. The van der Waals surface area contributed by atoms with Gasteiger partial charge in [-0.1, -0.05) is 43.7 Å². The molecule has 88 valence electrons. The van der Waals surface area contributed by atoms with E-state index in [2.05, 4.69) is 34.3 Å². The van der Waals surface area contributed by atoms with Gasteiger partial charge in [0.25, 0.3) is 0 Å². The van der Waals surface area contributed by atoms with Crippen LogP contribution >= 0.6 is 0 Å². The van der Waals surface area contributed by atoms with Crippen molar-refractivity contribution in [3.8, 4) is 11.3 Å². The Hall–Kier alpha value is -1.90. The van der Waals surface area contributed by atoms with E-state index in [1.165, 1.54) is 5.56 Å². The summed E-state index contributed by atoms with van der Waals surface area (Å²) in [7, 11) is 1.90. The van der Waals surface area contributed by atoms with E-state index >= 15 is 0 Å². The van der Waals surface area contributed by atoms with E-state index in [0.717, 1.165) is 29.9 Å². The Morgan fingerprint density at radius 3 is 2.53 bits per heavy atom. The molecule has 0 aliphatic carbocycles. The van der Waals surface area contributed by atoms with Crippen LogP contribution < -0.4 is 5.32 Å². The van der Waals surface area contributed by atoms with Crippen molar-refractivity contribution in [3.05, 3.63) is 42.2 Å². The maximum Gasteiger partial charge on any atom is 0.132 e. The molecule has 2 rings (SSSR count). The van der Waals surface area contributed by atoms with Crippen LogP contribution in [0.5, 0.6) is 0 Å². The molecule has 0 aliphatic heterocycles. The molecule has 2 aromatic rings. The van der Waals surface area contributed by atoms with Crippen LogP contribution in [-0.4, -0.2) is 17.0 Å². The van der Waals surface area contributed by atoms with Crippen molar-refractivity contribution in [2.75, 3.05) is 12.4 Å². The van der Waals surface area contributed by atoms with Crippen molar-refractivity contribution in [1.82, 2.24) is 9.97 Å². The molecule has 3 nitrogen and oxygen atoms in total. The summed E-state index contributed by atoms with van der Waals surface area (Å²) < 4.78 is 0. The number of anilines is 1. The molecule has 0 saturated carbocycles. The second-order valence-electron chi connectivity index (χ2n) is 3.92. The number of hydrogen-bond donors (Lipinski definition) is 1. The predicted molar refractivity (Wildman–Crippen MR) is 71.0 cm³/mol. The molecule has 1 N–H and O–H groups in total. The summed E-state index contributed by atoms with van der Waals surface area (Å²) in [5.74, 6) is 0.931. The van der Waals surface area contributed by atoms with Crippen LogP contribution in [0.15, 0.2) is 36.7 Å². The molecule has 3 heteroatoms. The van der Waals surface area contributed by atoms with Gasteiger partial charge in [-0.2, -0.15) is 0 Å². The summed E-state index contributed by atoms with van der Waals surface area (Å²) in [6.07, 6.45) is 3.69. The third-order valence-electron chi connectivity index (χ3n) is 2.73. The fourth-order valence-corrected chi connectivity index (χ4v) is 1.96. The summed E-state index contributed by atoms with van der Waals surface area (Å²) in [6, 6.07) is 10.3. The average Bonchev–Trinajstić information content (AvgIpc) is 2.40. The van der Waals surface area contributed by atoms with E-state index < -0.39 is 0 Å². The second kappa shape index (κ2) is 5.43. The quantitative estimate of drug-likeness (QED) is 0.872. The molecule has 0 fully saturated rings. The van der Waals surface area contributed by atoms with Gasteiger partial charge in [-0.3, -0.25) is 0 Å². The number of hydrogen-bond acceptors (Lipinski definition) is 3. The van der Waals surface area contributed by atoms with Crippen molar-refractivity contribution in [2.24, 2.45) is 0 Å². The average molecular weight is 227 g/mol. The van der Waals surface area contributed by atoms with E-state index in [1.54, 1.807) is 6.33 Å². The van der Waals surface area contributed by atoms with Crippen molar-refractivity contribution < 1.29 is 0 Å². The highest BCUT2D eigenvalue weighted by Crippen LogP contribution is 2.26. The van der Waals surface area contributed by atoms with Crippen molar-refractivity contribution in [3.63, 3.8) is 0 Å². The maximum atomic E-state index is 4.43. The third kappa shape index (κ3) is 2.44. The molecule has 0 aliphatic rings. The molecular weight excluding hydrogens is 210 g/mol. The predicted octanol–water partition coefficient (Wildman–Crippen LogP) is 3.14. The molecule has 0 atom stereocenters. The molecule has 0 saturated heterocycles. The van der Waals surface area contributed by atoms with E-state index in [-0.39, 0.29) is 0 Å². The lowest BCUT2D eigenvalue weighted by molar-refractivity contribution is 0.906. The minimum absolute atomic E-state index is 0.931. The lowest BCUT2D eigenvalue weighted by atomic mass is 10.0. The molecule has 0 spiro atoms. The first-order valence-electron chi connectivity index (χ1n) is 5.93. The first kappa shape index (κ1) is 11.6. The third-order valence-corrected chi connectivity index (χ3v) is 2.73. The minimum atomic E-state index is 0.931. The normalized spacial score (nSPS) is 10.2. The molecule has 0 amide bonds. The number of aromatic nitrogens is 2. The number of benzene rings is 1. The molecule has 0 unspecified atom stereocenters. The fourth-order valence-electron chi connectivity index (χ4n) is 1.96. The Bertz CT molecular complexity index is 480. The second-order valence-corrected chi connectivity index (χ2v) is 3.92. The summed E-state index contributed by atoms with van der Waals surface area (Å²) in [5, 5.41) is 3.14. The van der Waals surface area contributed by atoms with E-state index in [4.69, 9.17) is 0 Å². The number of nitrogens with zero attached hydrogens (tertiary/aromatic N) is 2. The van der Waals surface area contributed by atoms with E-state index in [0.29, 0.717) is 0 Å². The highest BCUT2D eigenvalue weighted by atomic mass is 15.0. The van der Waals surface area contributed by atoms with Crippen LogP contribution in [0.2, 0.25) is 0 Å². The largest absolute Gasteiger partial charge is 0.373 e. The molecule has 0 bridgehead atoms. The Kier molecular flexibility index (Phi) is 3.70. The van der Waals surface area contributed by atoms with Gasteiger partial charge in [0, 0.05) is 18.2 Å². The SMILES string of the molecule is CCCc1c(NC)ncnc1-c1ccccc1. The van der Waals surface area contributed by atoms with Gasteiger partial charge in [0.1, 0.15) is 12.1 Å². The Morgan fingerprint density at radius 1 is 1.12 bits per heavy atom. The monoisotopic (exact) mass is 227 g/mol. The zero-order valence-electron chi connectivity index (χ0n) is 10.3. The molecule has 17 heavy (non-hydrogen) atoms. The van der Waals surface area contributed by atoms with Gasteiger partial charge < -0.3 is 5.32 Å². The summed E-state index contributed by atoms with van der Waals surface area (Å²) in [4.78, 5) is 8.70. The topological polar surface area (TPSA) is 37.8 Å². The van der Waals surface area contributed by atoms with Gasteiger partial charge in [-0.15, -0.1) is 0 Å². The Labute approximate surface area is 102 Å². The van der Waals surface area contributed by atoms with Crippen molar-refractivity contribution >= 4 is 5.82 Å². The number of rotatable bonds is 4. The van der Waals surface area contributed by atoms with E-state index in [9.17, 15) is 0 Å². The van der Waals surface area contributed by atoms with Gasteiger partial charge in [0.15, 0.2) is 0 Å². The standard InChI is InChI=1S/C14H17N3/c1-3-7-12-13(11-8-5-4-6-9-11)16-10-17-14(12)15-2/h4-6,8-10H,3,7H2,1-2H3,(H,15,16,17). The van der Waals surface area contributed by atoms with Gasteiger partial charge >= 0.3 is 0 Å². The van der Waals surface area contributed by atoms with Gasteiger partial charge in [-0.05, 0) is 6.42 Å². The highest BCUT2D eigenvalue weighted by Gasteiger charge is 2.10. The van der Waals surface area contributed by atoms with Crippen molar-refractivity contribution in [1.29, 1.82) is 0 Å². The van der Waals surface area contributed by atoms with Crippen LogP contribution in [0.4, 0.5) is 5.82 Å². The number of nitrogens with one attached hydrogen (secondary N) is 1. The molecule has 1 aromatic heterocycles. The smallest absolute Gasteiger partial charge is 0.132 e. The molecule has 0 radical (unpaired) electrons. The van der Waals surface area contributed by atoms with Gasteiger partial charge in [0.05, 0.1) is 5.69 Å². The maximum absolute atomic E-state index is 4.43. The fraction of sp³-hybridized carbons (Fsp3) is 0.286. The van der Waals surface area contributed by atoms with Gasteiger partial charge in [0.2, 0.25) is 0 Å². The van der Waals surface area contributed by atoms with Crippen LogP contribution in [0.3, 0.4) is 0 Å². The summed E-state index contributed by atoms with van der Waals surface area (Å²) in [6.45, 7) is 2.17. The van der Waals surface area contributed by atoms with Crippen LogP contribution in [0.1, 0.15) is 18.9 Å². The molecule has 1 heterocycles. The zero-order valence-corrected chi connectivity index (χ0v) is 10.3. The van der Waals surface area contributed by atoms with E-state index in [1.807, 2.05) is 25.2 Å². The first-order valence-corrected chi connectivity index (χ1v) is 5.93. The lowest BCUT2D eigenvalue weighted by Gasteiger charge is -2.11. The van der Waals surface area contributed by atoms with Crippen LogP contribution in [0.25, 0.3) is 11.3 Å². The van der Waals surface area contributed by atoms with Crippen molar-refractivity contribution in [2.45, 2.75) is 19.8 Å². The Balaban J connectivity index is 2.53. The Morgan fingerprint density at radius 2 is 1.88 bits per heavy atom. The summed E-state index contributed by atoms with van der Waals surface area (Å²) in [5.41, 5.74) is 3.38. The van der Waals surface area contributed by atoms with Crippen LogP contribution in [-0.2, 0) is 6.42 Å².